The molecule has 2 heterocycles. The predicted octanol–water partition coefficient (Wildman–Crippen LogP) is 2.93. The van der Waals surface area contributed by atoms with Gasteiger partial charge in [0.25, 0.3) is 5.91 Å². The van der Waals surface area contributed by atoms with Gasteiger partial charge >= 0.3 is 0 Å². The lowest BCUT2D eigenvalue weighted by molar-refractivity contribution is 0.0718. The number of pyridine rings is 1. The van der Waals surface area contributed by atoms with Gasteiger partial charge in [-0.15, -0.1) is 0 Å². The number of carbonyl (C=O) groups excluding carboxylic acids is 1. The number of nitrogens with zero attached hydrogens (tertiary/aromatic N) is 4. The summed E-state index contributed by atoms with van der Waals surface area (Å²) in [5.41, 5.74) is 0.199. The standard InChI is InChI=1S/C14H14Cl2N4O/c1-19-7-6-17-12(19)8-20(9-2-3-9)14(21)13-10(15)4-5-11(16)18-13/h4-7,9H,2-3,8H2,1H3. The van der Waals surface area contributed by atoms with Gasteiger partial charge in [-0.3, -0.25) is 4.79 Å². The fourth-order valence-corrected chi connectivity index (χ4v) is 2.49. The Kier molecular flexibility index (Phi) is 3.87. The van der Waals surface area contributed by atoms with Crippen molar-refractivity contribution in [3.05, 3.63) is 46.2 Å². The Labute approximate surface area is 132 Å². The molecule has 1 fully saturated rings. The third-order valence-electron chi connectivity index (χ3n) is 3.50. The Morgan fingerprint density at radius 3 is 2.81 bits per heavy atom. The quantitative estimate of drug-likeness (QED) is 0.812. The van der Waals surface area contributed by atoms with E-state index in [2.05, 4.69) is 9.97 Å². The van der Waals surface area contributed by atoms with Crippen molar-refractivity contribution in [1.82, 2.24) is 19.4 Å². The van der Waals surface area contributed by atoms with Crippen LogP contribution in [-0.2, 0) is 13.6 Å². The van der Waals surface area contributed by atoms with Gasteiger partial charge in [0.15, 0.2) is 0 Å². The maximum Gasteiger partial charge on any atom is 0.274 e. The first-order valence-corrected chi connectivity index (χ1v) is 7.41. The van der Waals surface area contributed by atoms with Crippen molar-refractivity contribution < 1.29 is 4.79 Å². The highest BCUT2D eigenvalue weighted by Gasteiger charge is 2.35. The highest BCUT2D eigenvalue weighted by atomic mass is 35.5. The van der Waals surface area contributed by atoms with Crippen LogP contribution in [0.3, 0.4) is 0 Å². The lowest BCUT2D eigenvalue weighted by atomic mass is 10.3. The number of carbonyl (C=O) groups is 1. The van der Waals surface area contributed by atoms with Crippen molar-refractivity contribution in [2.45, 2.75) is 25.4 Å². The van der Waals surface area contributed by atoms with Crippen LogP contribution in [0.4, 0.5) is 0 Å². The third kappa shape index (κ3) is 3.04. The molecule has 7 heteroatoms. The first-order valence-electron chi connectivity index (χ1n) is 6.65. The Morgan fingerprint density at radius 1 is 1.43 bits per heavy atom. The van der Waals surface area contributed by atoms with Crippen molar-refractivity contribution in [3.8, 4) is 0 Å². The Morgan fingerprint density at radius 2 is 2.19 bits per heavy atom. The molecule has 1 amide bonds. The van der Waals surface area contributed by atoms with Crippen LogP contribution in [-0.4, -0.2) is 31.4 Å². The Balaban J connectivity index is 1.88. The smallest absolute Gasteiger partial charge is 0.274 e. The molecule has 0 aliphatic heterocycles. The SMILES string of the molecule is Cn1ccnc1CN(C(=O)c1nc(Cl)ccc1Cl)C1CC1. The van der Waals surface area contributed by atoms with E-state index in [0.717, 1.165) is 18.7 Å². The van der Waals surface area contributed by atoms with Crippen LogP contribution in [0.2, 0.25) is 10.2 Å². The molecule has 0 radical (unpaired) electrons. The summed E-state index contributed by atoms with van der Waals surface area (Å²) in [5.74, 6) is 0.626. The largest absolute Gasteiger partial charge is 0.337 e. The second-order valence-electron chi connectivity index (χ2n) is 5.08. The summed E-state index contributed by atoms with van der Waals surface area (Å²) in [6.07, 6.45) is 5.56. The summed E-state index contributed by atoms with van der Waals surface area (Å²) < 4.78 is 1.90. The molecule has 110 valence electrons. The molecule has 1 aliphatic rings. The third-order valence-corrected chi connectivity index (χ3v) is 4.01. The summed E-state index contributed by atoms with van der Waals surface area (Å²) in [7, 11) is 1.91. The van der Waals surface area contributed by atoms with Crippen LogP contribution in [0.25, 0.3) is 0 Å². The van der Waals surface area contributed by atoms with Crippen molar-refractivity contribution in [3.63, 3.8) is 0 Å². The molecule has 1 aliphatic carbocycles. The van der Waals surface area contributed by atoms with Crippen molar-refractivity contribution >= 4 is 29.1 Å². The number of aryl methyl sites for hydroxylation is 1. The van der Waals surface area contributed by atoms with E-state index in [0.29, 0.717) is 11.6 Å². The molecule has 0 atom stereocenters. The molecule has 0 saturated heterocycles. The van der Waals surface area contributed by atoms with Crippen molar-refractivity contribution in [2.24, 2.45) is 7.05 Å². The number of imidazole rings is 1. The minimum Gasteiger partial charge on any atom is -0.337 e. The molecule has 2 aromatic rings. The Bertz CT molecular complexity index is 681. The first-order chi connectivity index (χ1) is 10.1. The normalized spacial score (nSPS) is 14.2. The van der Waals surface area contributed by atoms with Gasteiger partial charge in [0.2, 0.25) is 0 Å². The molecule has 0 N–H and O–H groups in total. The molecule has 3 rings (SSSR count). The molecule has 5 nitrogen and oxygen atoms in total. The molecule has 0 spiro atoms. The zero-order chi connectivity index (χ0) is 15.0. The average Bonchev–Trinajstić information content (AvgIpc) is 3.22. The number of halogens is 2. The molecule has 0 aromatic carbocycles. The number of hydrogen-bond donors (Lipinski definition) is 0. The van der Waals surface area contributed by atoms with Crippen LogP contribution in [0.1, 0.15) is 29.2 Å². The Hall–Kier alpha value is -1.59. The lowest BCUT2D eigenvalue weighted by Crippen LogP contribution is -2.34. The predicted molar refractivity (Wildman–Crippen MR) is 80.4 cm³/mol. The van der Waals surface area contributed by atoms with Crippen LogP contribution in [0, 0.1) is 0 Å². The monoisotopic (exact) mass is 324 g/mol. The highest BCUT2D eigenvalue weighted by Crippen LogP contribution is 2.30. The van der Waals surface area contributed by atoms with Gasteiger partial charge in [0.1, 0.15) is 16.7 Å². The van der Waals surface area contributed by atoms with Gasteiger partial charge < -0.3 is 9.47 Å². The van der Waals surface area contributed by atoms with E-state index in [1.165, 1.54) is 0 Å². The minimum atomic E-state index is -0.201. The zero-order valence-corrected chi connectivity index (χ0v) is 13.0. The fourth-order valence-electron chi connectivity index (χ4n) is 2.16. The van der Waals surface area contributed by atoms with Gasteiger partial charge in [-0.2, -0.15) is 0 Å². The number of rotatable bonds is 4. The van der Waals surface area contributed by atoms with Gasteiger partial charge in [-0.25, -0.2) is 9.97 Å². The molecular weight excluding hydrogens is 311 g/mol. The zero-order valence-electron chi connectivity index (χ0n) is 11.5. The fraction of sp³-hybridized carbons (Fsp3) is 0.357. The van der Waals surface area contributed by atoms with E-state index in [1.807, 2.05) is 17.8 Å². The molecule has 2 aromatic heterocycles. The highest BCUT2D eigenvalue weighted by molar-refractivity contribution is 6.34. The van der Waals surface area contributed by atoms with Gasteiger partial charge in [0.05, 0.1) is 11.6 Å². The van der Waals surface area contributed by atoms with Gasteiger partial charge in [-0.1, -0.05) is 23.2 Å². The molecule has 0 bridgehead atoms. The van der Waals surface area contributed by atoms with E-state index in [4.69, 9.17) is 23.2 Å². The lowest BCUT2D eigenvalue weighted by Gasteiger charge is -2.22. The second-order valence-corrected chi connectivity index (χ2v) is 5.88. The van der Waals surface area contributed by atoms with Crippen LogP contribution >= 0.6 is 23.2 Å². The van der Waals surface area contributed by atoms with Crippen LogP contribution in [0.5, 0.6) is 0 Å². The molecule has 0 unspecified atom stereocenters. The van der Waals surface area contributed by atoms with Gasteiger partial charge in [0, 0.05) is 25.5 Å². The summed E-state index contributed by atoms with van der Waals surface area (Å²) in [5, 5.41) is 0.574. The maximum absolute atomic E-state index is 12.7. The van der Waals surface area contributed by atoms with E-state index >= 15 is 0 Å². The van der Waals surface area contributed by atoms with Crippen molar-refractivity contribution in [2.75, 3.05) is 0 Å². The number of hydrogen-bond acceptors (Lipinski definition) is 3. The minimum absolute atomic E-state index is 0.199. The van der Waals surface area contributed by atoms with E-state index < -0.39 is 0 Å². The summed E-state index contributed by atoms with van der Waals surface area (Å²) >= 11 is 12.0. The van der Waals surface area contributed by atoms with E-state index in [1.54, 1.807) is 23.2 Å². The number of aromatic nitrogens is 3. The first kappa shape index (κ1) is 14.4. The van der Waals surface area contributed by atoms with Crippen molar-refractivity contribution in [1.29, 1.82) is 0 Å². The van der Waals surface area contributed by atoms with E-state index in [-0.39, 0.29) is 22.8 Å². The summed E-state index contributed by atoms with van der Waals surface area (Å²) in [6, 6.07) is 3.39. The average molecular weight is 325 g/mol. The van der Waals surface area contributed by atoms with Gasteiger partial charge in [-0.05, 0) is 25.0 Å². The second kappa shape index (κ2) is 5.66. The summed E-state index contributed by atoms with van der Waals surface area (Å²) in [4.78, 5) is 22.8. The number of amides is 1. The molecule has 21 heavy (non-hydrogen) atoms. The van der Waals surface area contributed by atoms with Crippen LogP contribution in [0.15, 0.2) is 24.5 Å². The van der Waals surface area contributed by atoms with Crippen LogP contribution < -0.4 is 0 Å². The maximum atomic E-state index is 12.7. The molecule has 1 saturated carbocycles. The summed E-state index contributed by atoms with van der Waals surface area (Å²) in [6.45, 7) is 0.442. The topological polar surface area (TPSA) is 51.0 Å². The van der Waals surface area contributed by atoms with E-state index in [9.17, 15) is 4.79 Å². The molecular formula is C14H14Cl2N4O.